The van der Waals surface area contributed by atoms with Crippen LogP contribution in [-0.2, 0) is 19.3 Å². The summed E-state index contributed by atoms with van der Waals surface area (Å²) >= 11 is 1.44. The van der Waals surface area contributed by atoms with Crippen molar-refractivity contribution in [1.82, 2.24) is 14.8 Å². The first-order valence-corrected chi connectivity index (χ1v) is 6.15. The van der Waals surface area contributed by atoms with E-state index in [1.54, 1.807) is 12.1 Å². The number of thioether (sulfide) groups is 1. The van der Waals surface area contributed by atoms with E-state index in [0.717, 1.165) is 11.0 Å². The van der Waals surface area contributed by atoms with Gasteiger partial charge in [0.05, 0.1) is 6.54 Å². The maximum absolute atomic E-state index is 13.4. The van der Waals surface area contributed by atoms with Crippen molar-refractivity contribution in [3.8, 4) is 0 Å². The van der Waals surface area contributed by atoms with Gasteiger partial charge in [-0.05, 0) is 11.6 Å². The van der Waals surface area contributed by atoms with E-state index < -0.39 is 0 Å². The highest BCUT2D eigenvalue weighted by Gasteiger charge is 2.09. The first-order valence-electron chi connectivity index (χ1n) is 5.17. The fraction of sp³-hybridized carbons (Fsp3) is 0.273. The summed E-state index contributed by atoms with van der Waals surface area (Å²) in [6.45, 7) is 0.351. The quantitative estimate of drug-likeness (QED) is 0.842. The van der Waals surface area contributed by atoms with Gasteiger partial charge in [-0.15, -0.1) is 10.2 Å². The maximum Gasteiger partial charge on any atom is 0.191 e. The molecule has 2 N–H and O–H groups in total. The van der Waals surface area contributed by atoms with Gasteiger partial charge in [0, 0.05) is 12.8 Å². The standard InChI is InChI=1S/C11H13FN4S/c1-16-10(6-13)14-15-11(16)17-7-8-4-2-3-5-9(8)12/h2-5H,6-7,13H2,1H3. The monoisotopic (exact) mass is 252 g/mol. The van der Waals surface area contributed by atoms with Crippen molar-refractivity contribution in [2.45, 2.75) is 17.5 Å². The Hall–Kier alpha value is -1.40. The normalized spacial score (nSPS) is 10.8. The number of aromatic nitrogens is 3. The van der Waals surface area contributed by atoms with E-state index in [2.05, 4.69) is 10.2 Å². The number of benzene rings is 1. The minimum atomic E-state index is -0.193. The van der Waals surface area contributed by atoms with Gasteiger partial charge >= 0.3 is 0 Å². The van der Waals surface area contributed by atoms with E-state index in [0.29, 0.717) is 17.9 Å². The molecular formula is C11H13FN4S. The average Bonchev–Trinajstić information content (AvgIpc) is 2.69. The highest BCUT2D eigenvalue weighted by molar-refractivity contribution is 7.98. The molecule has 0 aliphatic heterocycles. The van der Waals surface area contributed by atoms with Crippen LogP contribution >= 0.6 is 11.8 Å². The molecule has 90 valence electrons. The van der Waals surface area contributed by atoms with E-state index in [4.69, 9.17) is 5.73 Å². The van der Waals surface area contributed by atoms with Crippen molar-refractivity contribution in [2.24, 2.45) is 12.8 Å². The summed E-state index contributed by atoms with van der Waals surface area (Å²) in [6, 6.07) is 6.72. The second kappa shape index (κ2) is 5.29. The predicted molar refractivity (Wildman–Crippen MR) is 64.9 cm³/mol. The molecule has 0 aliphatic carbocycles. The summed E-state index contributed by atoms with van der Waals surface area (Å²) in [5.41, 5.74) is 6.16. The fourth-order valence-electron chi connectivity index (χ4n) is 1.41. The molecule has 0 spiro atoms. The Balaban J connectivity index is 2.07. The predicted octanol–water partition coefficient (Wildman–Crippen LogP) is 1.71. The third-order valence-corrected chi connectivity index (χ3v) is 3.49. The molecule has 0 atom stereocenters. The van der Waals surface area contributed by atoms with Crippen LogP contribution < -0.4 is 5.73 Å². The summed E-state index contributed by atoms with van der Waals surface area (Å²) in [4.78, 5) is 0. The van der Waals surface area contributed by atoms with Crippen LogP contribution in [0.5, 0.6) is 0 Å². The summed E-state index contributed by atoms with van der Waals surface area (Å²) in [5.74, 6) is 1.06. The van der Waals surface area contributed by atoms with Crippen molar-refractivity contribution >= 4 is 11.8 Å². The molecule has 6 heteroatoms. The zero-order chi connectivity index (χ0) is 12.3. The highest BCUT2D eigenvalue weighted by Crippen LogP contribution is 2.22. The lowest BCUT2D eigenvalue weighted by Gasteiger charge is -2.03. The topological polar surface area (TPSA) is 56.7 Å². The maximum atomic E-state index is 13.4. The zero-order valence-electron chi connectivity index (χ0n) is 9.43. The summed E-state index contributed by atoms with van der Waals surface area (Å²) in [5, 5.41) is 8.69. The minimum Gasteiger partial charge on any atom is -0.324 e. The van der Waals surface area contributed by atoms with Crippen LogP contribution in [0.2, 0.25) is 0 Å². The Bertz CT molecular complexity index is 512. The second-order valence-corrected chi connectivity index (χ2v) is 4.48. The van der Waals surface area contributed by atoms with Crippen molar-refractivity contribution in [1.29, 1.82) is 0 Å². The molecule has 1 aromatic heterocycles. The first-order chi connectivity index (χ1) is 8.22. The van der Waals surface area contributed by atoms with Gasteiger partial charge in [0.15, 0.2) is 5.16 Å². The molecule has 17 heavy (non-hydrogen) atoms. The number of hydrogen-bond donors (Lipinski definition) is 1. The van der Waals surface area contributed by atoms with E-state index in [1.807, 2.05) is 17.7 Å². The van der Waals surface area contributed by atoms with Crippen LogP contribution in [0.3, 0.4) is 0 Å². The van der Waals surface area contributed by atoms with Gasteiger partial charge in [-0.2, -0.15) is 0 Å². The molecule has 0 bridgehead atoms. The molecule has 4 nitrogen and oxygen atoms in total. The highest BCUT2D eigenvalue weighted by atomic mass is 32.2. The van der Waals surface area contributed by atoms with Gasteiger partial charge in [0.25, 0.3) is 0 Å². The van der Waals surface area contributed by atoms with Crippen LogP contribution in [0, 0.1) is 5.82 Å². The molecule has 0 radical (unpaired) electrons. The molecule has 1 aromatic carbocycles. The largest absolute Gasteiger partial charge is 0.324 e. The third kappa shape index (κ3) is 2.65. The number of nitrogens with zero attached hydrogens (tertiary/aromatic N) is 3. The molecule has 0 unspecified atom stereocenters. The van der Waals surface area contributed by atoms with Crippen molar-refractivity contribution in [3.63, 3.8) is 0 Å². The molecule has 0 aliphatic rings. The van der Waals surface area contributed by atoms with Crippen molar-refractivity contribution in [2.75, 3.05) is 0 Å². The third-order valence-electron chi connectivity index (χ3n) is 2.42. The van der Waals surface area contributed by atoms with E-state index in [9.17, 15) is 4.39 Å². The molecule has 2 rings (SSSR count). The van der Waals surface area contributed by atoms with Gasteiger partial charge in [-0.3, -0.25) is 0 Å². The van der Waals surface area contributed by atoms with Gasteiger partial charge in [-0.25, -0.2) is 4.39 Å². The molecule has 0 amide bonds. The first kappa shape index (κ1) is 12.1. The van der Waals surface area contributed by atoms with Crippen LogP contribution in [-0.4, -0.2) is 14.8 Å². The van der Waals surface area contributed by atoms with Crippen LogP contribution in [0.1, 0.15) is 11.4 Å². The molecule has 2 aromatic rings. The molecular weight excluding hydrogens is 239 g/mol. The van der Waals surface area contributed by atoms with Crippen LogP contribution in [0.15, 0.2) is 29.4 Å². The Morgan fingerprint density at radius 3 is 2.76 bits per heavy atom. The van der Waals surface area contributed by atoms with Crippen LogP contribution in [0.4, 0.5) is 4.39 Å². The van der Waals surface area contributed by atoms with Gasteiger partial charge in [-0.1, -0.05) is 30.0 Å². The summed E-state index contributed by atoms with van der Waals surface area (Å²) < 4.78 is 15.2. The fourth-order valence-corrected chi connectivity index (χ4v) is 2.32. The summed E-state index contributed by atoms with van der Waals surface area (Å²) in [6.07, 6.45) is 0. The smallest absolute Gasteiger partial charge is 0.191 e. The van der Waals surface area contributed by atoms with Gasteiger partial charge < -0.3 is 10.3 Å². The Kier molecular flexibility index (Phi) is 3.75. The minimum absolute atomic E-state index is 0.193. The van der Waals surface area contributed by atoms with Gasteiger partial charge in [0.2, 0.25) is 0 Å². The lowest BCUT2D eigenvalue weighted by atomic mass is 10.2. The molecule has 0 saturated carbocycles. The van der Waals surface area contributed by atoms with Crippen molar-refractivity contribution in [3.05, 3.63) is 41.5 Å². The Morgan fingerprint density at radius 1 is 1.35 bits per heavy atom. The molecule has 0 fully saturated rings. The number of halogens is 1. The van der Waals surface area contributed by atoms with Crippen molar-refractivity contribution < 1.29 is 4.39 Å². The summed E-state index contributed by atoms with van der Waals surface area (Å²) in [7, 11) is 1.85. The van der Waals surface area contributed by atoms with E-state index >= 15 is 0 Å². The Labute approximate surface area is 103 Å². The number of rotatable bonds is 4. The lowest BCUT2D eigenvalue weighted by Crippen LogP contribution is -2.05. The molecule has 1 heterocycles. The van der Waals surface area contributed by atoms with E-state index in [-0.39, 0.29) is 5.82 Å². The second-order valence-electron chi connectivity index (χ2n) is 3.54. The number of hydrogen-bond acceptors (Lipinski definition) is 4. The van der Waals surface area contributed by atoms with E-state index in [1.165, 1.54) is 17.8 Å². The number of nitrogens with two attached hydrogens (primary N) is 1. The average molecular weight is 252 g/mol. The zero-order valence-corrected chi connectivity index (χ0v) is 10.2. The molecule has 0 saturated heterocycles. The Morgan fingerprint density at radius 2 is 2.12 bits per heavy atom. The van der Waals surface area contributed by atoms with Crippen LogP contribution in [0.25, 0.3) is 0 Å². The lowest BCUT2D eigenvalue weighted by molar-refractivity contribution is 0.617. The SMILES string of the molecule is Cn1c(CN)nnc1SCc1ccccc1F. The van der Waals surface area contributed by atoms with Gasteiger partial charge in [0.1, 0.15) is 11.6 Å².